The minimum atomic E-state index is 0.645. The normalized spacial score (nSPS) is 11.5. The molecular weight excluding hydrogens is 799 g/mol. The highest BCUT2D eigenvalue weighted by molar-refractivity contribution is 7.26. The van der Waals surface area contributed by atoms with Gasteiger partial charge in [0.15, 0.2) is 23.3 Å². The standard InChI is InChI=1S/C58H39N5S/c1-38-17-14-15-26-46(38)48-35-44(30-29-39(48)32-34-54-59-50(40-18-6-2-7-19-40)37-51(60-54)41-20-8-3-9-21-41)45-31-33-52-49(36-45)55-47(27-16-28-53(55)64-52)58-62-56(42-22-10-4-11-23-42)61-57(63-58)43-24-12-5-13-25-43/h2-37H,1H3/b34-32-. The Morgan fingerprint density at radius 2 is 0.891 bits per heavy atom. The van der Waals surface area contributed by atoms with Gasteiger partial charge in [0, 0.05) is 48.0 Å². The third-order valence-corrected chi connectivity index (χ3v) is 12.7. The molecule has 0 saturated carbocycles. The highest BCUT2D eigenvalue weighted by Gasteiger charge is 2.18. The van der Waals surface area contributed by atoms with Crippen LogP contribution in [0.25, 0.3) is 111 Å². The van der Waals surface area contributed by atoms with E-state index in [9.17, 15) is 0 Å². The van der Waals surface area contributed by atoms with Crippen LogP contribution in [0.1, 0.15) is 17.0 Å². The molecule has 3 aromatic heterocycles. The predicted molar refractivity (Wildman–Crippen MR) is 266 cm³/mol. The topological polar surface area (TPSA) is 64.5 Å². The van der Waals surface area contributed by atoms with Gasteiger partial charge in [0.2, 0.25) is 0 Å². The summed E-state index contributed by atoms with van der Waals surface area (Å²) in [4.78, 5) is 25.3. The van der Waals surface area contributed by atoms with Gasteiger partial charge in [-0.2, -0.15) is 0 Å². The van der Waals surface area contributed by atoms with E-state index in [1.165, 1.54) is 25.9 Å². The van der Waals surface area contributed by atoms with Gasteiger partial charge in [-0.15, -0.1) is 11.3 Å². The van der Waals surface area contributed by atoms with Gasteiger partial charge in [0.25, 0.3) is 0 Å². The molecule has 64 heavy (non-hydrogen) atoms. The van der Waals surface area contributed by atoms with Crippen LogP contribution in [0, 0.1) is 6.92 Å². The predicted octanol–water partition coefficient (Wildman–Crippen LogP) is 15.2. The number of aromatic nitrogens is 5. The Hall–Kier alpha value is -8.19. The average molecular weight is 838 g/mol. The van der Waals surface area contributed by atoms with Gasteiger partial charge >= 0.3 is 0 Å². The van der Waals surface area contributed by atoms with Crippen molar-refractivity contribution in [3.63, 3.8) is 0 Å². The molecule has 0 atom stereocenters. The lowest BCUT2D eigenvalue weighted by atomic mass is 9.91. The lowest BCUT2D eigenvalue weighted by Crippen LogP contribution is -2.00. The van der Waals surface area contributed by atoms with E-state index in [0.29, 0.717) is 23.3 Å². The van der Waals surface area contributed by atoms with E-state index < -0.39 is 0 Å². The lowest BCUT2D eigenvalue weighted by Gasteiger charge is -2.13. The zero-order valence-electron chi connectivity index (χ0n) is 34.9. The van der Waals surface area contributed by atoms with Crippen LogP contribution in [0.5, 0.6) is 0 Å². The molecule has 0 N–H and O–H groups in total. The number of fused-ring (bicyclic) bond motifs is 3. The summed E-state index contributed by atoms with van der Waals surface area (Å²) in [6, 6.07) is 71.5. The van der Waals surface area contributed by atoms with Crippen LogP contribution in [-0.2, 0) is 0 Å². The molecule has 11 rings (SSSR count). The molecular formula is C58H39N5S. The van der Waals surface area contributed by atoms with Crippen molar-refractivity contribution in [2.45, 2.75) is 6.92 Å². The molecule has 0 aliphatic rings. The summed E-state index contributed by atoms with van der Waals surface area (Å²) in [5.74, 6) is 2.59. The fourth-order valence-corrected chi connectivity index (χ4v) is 9.44. The molecule has 8 aromatic carbocycles. The number of thiophene rings is 1. The Kier molecular flexibility index (Phi) is 10.2. The summed E-state index contributed by atoms with van der Waals surface area (Å²) in [6.45, 7) is 2.17. The monoisotopic (exact) mass is 837 g/mol. The second-order valence-electron chi connectivity index (χ2n) is 15.7. The van der Waals surface area contributed by atoms with Crippen molar-refractivity contribution in [2.24, 2.45) is 0 Å². The highest BCUT2D eigenvalue weighted by atomic mass is 32.1. The van der Waals surface area contributed by atoms with Gasteiger partial charge in [-0.3, -0.25) is 0 Å². The first kappa shape index (κ1) is 38.7. The Morgan fingerprint density at radius 1 is 0.359 bits per heavy atom. The van der Waals surface area contributed by atoms with Crippen molar-refractivity contribution in [1.29, 1.82) is 0 Å². The molecule has 0 bridgehead atoms. The van der Waals surface area contributed by atoms with Crippen LogP contribution in [-0.4, -0.2) is 24.9 Å². The summed E-state index contributed by atoms with van der Waals surface area (Å²) in [5.41, 5.74) is 13.6. The molecule has 11 aromatic rings. The van der Waals surface area contributed by atoms with E-state index in [2.05, 4.69) is 122 Å². The Morgan fingerprint density at radius 3 is 1.52 bits per heavy atom. The number of aryl methyl sites for hydroxylation is 1. The zero-order chi connectivity index (χ0) is 42.8. The first-order valence-corrected chi connectivity index (χ1v) is 22.1. The van der Waals surface area contributed by atoms with Gasteiger partial charge in [-0.05, 0) is 76.7 Å². The molecule has 0 saturated heterocycles. The van der Waals surface area contributed by atoms with Gasteiger partial charge in [-0.1, -0.05) is 182 Å². The van der Waals surface area contributed by atoms with E-state index in [1.54, 1.807) is 11.3 Å². The number of hydrogen-bond acceptors (Lipinski definition) is 6. The Bertz CT molecular complexity index is 3380. The fraction of sp³-hybridized carbons (Fsp3) is 0.0172. The minimum Gasteiger partial charge on any atom is -0.229 e. The number of benzene rings is 8. The van der Waals surface area contributed by atoms with Crippen LogP contribution in [0.4, 0.5) is 0 Å². The van der Waals surface area contributed by atoms with E-state index in [0.717, 1.165) is 66.8 Å². The summed E-state index contributed by atoms with van der Waals surface area (Å²) in [6.07, 6.45) is 4.18. The van der Waals surface area contributed by atoms with Crippen molar-refractivity contribution in [3.05, 3.63) is 223 Å². The molecule has 0 spiro atoms. The lowest BCUT2D eigenvalue weighted by molar-refractivity contribution is 1.08. The SMILES string of the molecule is Cc1ccccc1-c1cc(-c2ccc3sc4cccc(-c5nc(-c6ccccc6)nc(-c6ccccc6)n5)c4c3c2)ccc1/C=C\c1nc(-c2ccccc2)cc(-c2ccccc2)n1. The van der Waals surface area contributed by atoms with Crippen molar-refractivity contribution in [3.8, 4) is 78.9 Å². The third kappa shape index (κ3) is 7.68. The van der Waals surface area contributed by atoms with Crippen LogP contribution in [0.15, 0.2) is 206 Å². The smallest absolute Gasteiger partial charge is 0.164 e. The molecule has 302 valence electrons. The van der Waals surface area contributed by atoms with Crippen molar-refractivity contribution >= 4 is 43.7 Å². The molecule has 0 fully saturated rings. The van der Waals surface area contributed by atoms with Gasteiger partial charge < -0.3 is 0 Å². The summed E-state index contributed by atoms with van der Waals surface area (Å²) in [5, 5.41) is 2.31. The average Bonchev–Trinajstić information content (AvgIpc) is 3.75. The first-order chi connectivity index (χ1) is 31.6. The summed E-state index contributed by atoms with van der Waals surface area (Å²) < 4.78 is 2.39. The van der Waals surface area contributed by atoms with E-state index in [-0.39, 0.29) is 0 Å². The van der Waals surface area contributed by atoms with Crippen molar-refractivity contribution in [2.75, 3.05) is 0 Å². The van der Waals surface area contributed by atoms with Crippen molar-refractivity contribution < 1.29 is 0 Å². The molecule has 5 nitrogen and oxygen atoms in total. The maximum atomic E-state index is 5.13. The quantitative estimate of drug-likeness (QED) is 0.145. The summed E-state index contributed by atoms with van der Waals surface area (Å²) >= 11 is 1.79. The number of nitrogens with zero attached hydrogens (tertiary/aromatic N) is 5. The maximum absolute atomic E-state index is 5.13. The highest BCUT2D eigenvalue weighted by Crippen LogP contribution is 2.42. The molecule has 3 heterocycles. The second-order valence-corrected chi connectivity index (χ2v) is 16.8. The van der Waals surface area contributed by atoms with Gasteiger partial charge in [0.05, 0.1) is 11.4 Å². The molecule has 6 heteroatoms. The van der Waals surface area contributed by atoms with E-state index >= 15 is 0 Å². The third-order valence-electron chi connectivity index (χ3n) is 11.6. The minimum absolute atomic E-state index is 0.645. The van der Waals surface area contributed by atoms with Crippen LogP contribution >= 0.6 is 11.3 Å². The Balaban J connectivity index is 1.03. The molecule has 0 unspecified atom stereocenters. The molecule has 0 amide bonds. The largest absolute Gasteiger partial charge is 0.229 e. The second kappa shape index (κ2) is 16.9. The van der Waals surface area contributed by atoms with Gasteiger partial charge in [-0.25, -0.2) is 24.9 Å². The number of rotatable bonds is 9. The molecule has 0 aliphatic heterocycles. The molecule has 0 radical (unpaired) electrons. The fourth-order valence-electron chi connectivity index (χ4n) is 8.33. The summed E-state index contributed by atoms with van der Waals surface area (Å²) in [7, 11) is 0. The van der Waals surface area contributed by atoms with Gasteiger partial charge in [0.1, 0.15) is 0 Å². The Labute approximate surface area is 375 Å². The van der Waals surface area contributed by atoms with Crippen LogP contribution < -0.4 is 0 Å². The maximum Gasteiger partial charge on any atom is 0.164 e. The van der Waals surface area contributed by atoms with Crippen LogP contribution in [0.2, 0.25) is 0 Å². The molecule has 0 aliphatic carbocycles. The van der Waals surface area contributed by atoms with E-state index in [4.69, 9.17) is 24.9 Å². The van der Waals surface area contributed by atoms with Crippen LogP contribution in [0.3, 0.4) is 0 Å². The zero-order valence-corrected chi connectivity index (χ0v) is 35.7. The first-order valence-electron chi connectivity index (χ1n) is 21.3. The van der Waals surface area contributed by atoms with E-state index in [1.807, 2.05) is 103 Å². The van der Waals surface area contributed by atoms with Crippen molar-refractivity contribution in [1.82, 2.24) is 24.9 Å². The number of hydrogen-bond donors (Lipinski definition) is 0.